The van der Waals surface area contributed by atoms with Gasteiger partial charge in [0.1, 0.15) is 6.04 Å². The summed E-state index contributed by atoms with van der Waals surface area (Å²) in [5, 5.41) is 15.7. The second-order valence-corrected chi connectivity index (χ2v) is 6.01. The number of amides is 2. The third kappa shape index (κ3) is 5.51. The summed E-state index contributed by atoms with van der Waals surface area (Å²) in [6.07, 6.45) is 1.95. The van der Waals surface area contributed by atoms with Gasteiger partial charge in [-0.05, 0) is 24.5 Å². The van der Waals surface area contributed by atoms with E-state index >= 15 is 0 Å². The van der Waals surface area contributed by atoms with Gasteiger partial charge in [-0.1, -0.05) is 18.2 Å². The minimum absolute atomic E-state index is 0.0603. The number of nitro groups is 1. The van der Waals surface area contributed by atoms with E-state index in [1.807, 2.05) is 24.3 Å². The van der Waals surface area contributed by atoms with Crippen LogP contribution in [0.15, 0.2) is 35.6 Å². The summed E-state index contributed by atoms with van der Waals surface area (Å²) in [6, 6.07) is 5.61. The molecule has 0 bridgehead atoms. The number of carbonyl (C=O) groups excluding carboxylic acids is 2. The van der Waals surface area contributed by atoms with Crippen LogP contribution in [-0.2, 0) is 16.0 Å². The first-order chi connectivity index (χ1) is 12.8. The van der Waals surface area contributed by atoms with Gasteiger partial charge in [-0.25, -0.2) is 10.1 Å². The topological polar surface area (TPSA) is 196 Å². The molecule has 0 fully saturated rings. The van der Waals surface area contributed by atoms with Crippen LogP contribution in [0, 0.1) is 10.1 Å². The highest BCUT2D eigenvalue weighted by atomic mass is 16.7. The van der Waals surface area contributed by atoms with Crippen molar-refractivity contribution in [2.45, 2.75) is 31.3 Å². The Morgan fingerprint density at radius 2 is 1.96 bits per heavy atom. The number of amidine groups is 1. The lowest BCUT2D eigenvalue weighted by molar-refractivity contribution is -0.485. The van der Waals surface area contributed by atoms with Gasteiger partial charge in [0.25, 0.3) is 0 Å². The van der Waals surface area contributed by atoms with Crippen LogP contribution in [0.3, 0.4) is 0 Å². The van der Waals surface area contributed by atoms with Gasteiger partial charge in [0.15, 0.2) is 10.9 Å². The maximum absolute atomic E-state index is 12.3. The molecule has 8 N–H and O–H groups in total. The lowest BCUT2D eigenvalue weighted by Gasteiger charge is -2.17. The predicted octanol–water partition coefficient (Wildman–Crippen LogP) is -0.663. The van der Waals surface area contributed by atoms with Crippen molar-refractivity contribution in [3.05, 3.63) is 46.1 Å². The van der Waals surface area contributed by atoms with E-state index in [4.69, 9.17) is 17.2 Å². The van der Waals surface area contributed by atoms with Crippen LogP contribution in [0.5, 0.6) is 0 Å². The third-order valence-electron chi connectivity index (χ3n) is 4.05. The molecule has 144 valence electrons. The van der Waals surface area contributed by atoms with Crippen molar-refractivity contribution >= 4 is 28.6 Å². The molecule has 2 amide bonds. The first kappa shape index (κ1) is 19.8. The highest BCUT2D eigenvalue weighted by Gasteiger charge is 2.21. The van der Waals surface area contributed by atoms with Gasteiger partial charge in [-0.3, -0.25) is 9.59 Å². The molecule has 2 rings (SSSR count). The maximum Gasteiger partial charge on any atom is 0.240 e. The van der Waals surface area contributed by atoms with Crippen LogP contribution in [0.4, 0.5) is 0 Å². The van der Waals surface area contributed by atoms with Gasteiger partial charge >= 0.3 is 0 Å². The van der Waals surface area contributed by atoms with Crippen LogP contribution in [0.2, 0.25) is 0 Å². The molecule has 0 spiro atoms. The minimum Gasteiger partial charge on any atom is -0.381 e. The van der Waals surface area contributed by atoms with E-state index in [0.29, 0.717) is 0 Å². The zero-order valence-electron chi connectivity index (χ0n) is 14.4. The largest absolute Gasteiger partial charge is 0.381 e. The van der Waals surface area contributed by atoms with E-state index in [2.05, 4.69) is 15.4 Å². The van der Waals surface area contributed by atoms with E-state index in [-0.39, 0.29) is 31.0 Å². The Hall–Kier alpha value is -3.47. The molecule has 1 heterocycles. The van der Waals surface area contributed by atoms with E-state index in [0.717, 1.165) is 16.5 Å². The zero-order valence-corrected chi connectivity index (χ0v) is 14.4. The number of nitrogens with one attached hydrogen (secondary N) is 2. The van der Waals surface area contributed by atoms with E-state index < -0.39 is 23.0 Å². The summed E-state index contributed by atoms with van der Waals surface area (Å²) in [4.78, 5) is 37.3. The lowest BCUT2D eigenvalue weighted by Crippen LogP contribution is -2.46. The van der Waals surface area contributed by atoms with Gasteiger partial charge in [0, 0.05) is 17.1 Å². The molecule has 1 aromatic carbocycles. The molecule has 2 atom stereocenters. The van der Waals surface area contributed by atoms with Crippen molar-refractivity contribution in [2.24, 2.45) is 22.3 Å². The molecule has 11 heteroatoms. The molecule has 0 aliphatic rings. The Kier molecular flexibility index (Phi) is 6.44. The molecule has 0 aliphatic heterocycles. The van der Waals surface area contributed by atoms with Crippen LogP contribution >= 0.6 is 0 Å². The first-order valence-electron chi connectivity index (χ1n) is 8.15. The van der Waals surface area contributed by atoms with Gasteiger partial charge < -0.3 is 27.5 Å². The van der Waals surface area contributed by atoms with Crippen LogP contribution in [0.1, 0.15) is 18.4 Å². The summed E-state index contributed by atoms with van der Waals surface area (Å²) in [5.74, 6) is -1.49. The SMILES string of the molecule is NC(=O)[C@H](CCC(N)C(N)=N[N+](=O)[O-])NC(=O)Cc1c[nH]c2ccccc12. The number of para-hydroxylation sites is 1. The molecule has 0 saturated carbocycles. The number of hydrogen-bond acceptors (Lipinski definition) is 5. The average molecular weight is 375 g/mol. The average Bonchev–Trinajstić information content (AvgIpc) is 3.00. The van der Waals surface area contributed by atoms with Gasteiger partial charge in [0.05, 0.1) is 17.6 Å². The fourth-order valence-electron chi connectivity index (χ4n) is 2.64. The van der Waals surface area contributed by atoms with Gasteiger partial charge in [0.2, 0.25) is 11.8 Å². The number of H-pyrrole nitrogens is 1. The Labute approximate surface area is 154 Å². The minimum atomic E-state index is -0.975. The van der Waals surface area contributed by atoms with Crippen LogP contribution in [0.25, 0.3) is 10.9 Å². The van der Waals surface area contributed by atoms with Crippen molar-refractivity contribution in [1.82, 2.24) is 10.3 Å². The van der Waals surface area contributed by atoms with Crippen molar-refractivity contribution in [1.29, 1.82) is 0 Å². The number of rotatable bonds is 9. The predicted molar refractivity (Wildman–Crippen MR) is 99.0 cm³/mol. The quantitative estimate of drug-likeness (QED) is 0.167. The van der Waals surface area contributed by atoms with Crippen molar-refractivity contribution in [2.75, 3.05) is 0 Å². The Morgan fingerprint density at radius 1 is 1.26 bits per heavy atom. The monoisotopic (exact) mass is 375 g/mol. The van der Waals surface area contributed by atoms with Gasteiger partial charge in [-0.15, -0.1) is 0 Å². The number of hydrogen-bond donors (Lipinski definition) is 5. The number of primary amides is 1. The van der Waals surface area contributed by atoms with Crippen LogP contribution < -0.4 is 22.5 Å². The molecule has 27 heavy (non-hydrogen) atoms. The smallest absolute Gasteiger partial charge is 0.240 e. The highest BCUT2D eigenvalue weighted by Crippen LogP contribution is 2.18. The molecule has 11 nitrogen and oxygen atoms in total. The fraction of sp³-hybridized carbons (Fsp3) is 0.312. The van der Waals surface area contributed by atoms with Crippen molar-refractivity contribution < 1.29 is 14.6 Å². The van der Waals surface area contributed by atoms with E-state index in [1.165, 1.54) is 0 Å². The molecule has 1 aromatic heterocycles. The molecular formula is C16H21N7O4. The molecule has 2 aromatic rings. The summed E-state index contributed by atoms with van der Waals surface area (Å²) >= 11 is 0. The Bertz CT molecular complexity index is 877. The summed E-state index contributed by atoms with van der Waals surface area (Å²) in [7, 11) is 0. The Morgan fingerprint density at radius 3 is 2.63 bits per heavy atom. The highest BCUT2D eigenvalue weighted by molar-refractivity contribution is 5.91. The number of hydrazone groups is 1. The molecule has 0 saturated heterocycles. The van der Waals surface area contributed by atoms with E-state index in [1.54, 1.807) is 6.20 Å². The molecule has 0 aliphatic carbocycles. The lowest BCUT2D eigenvalue weighted by atomic mass is 10.0. The standard InChI is InChI=1S/C16H21N7O4/c17-11(15(18)22-23(26)27)5-6-13(16(19)25)21-14(24)7-9-8-20-12-4-2-1-3-10(9)12/h1-4,8,11,13,20H,5-7,17H2,(H2,18,22)(H2,19,25)(H,21,24)/t11?,13-/m0/s1. The normalized spacial score (nSPS) is 13.9. The summed E-state index contributed by atoms with van der Waals surface area (Å²) in [5.41, 5.74) is 18.1. The van der Waals surface area contributed by atoms with Crippen LogP contribution in [-0.4, -0.2) is 39.7 Å². The zero-order chi connectivity index (χ0) is 20.0. The number of aromatic nitrogens is 1. The number of fused-ring (bicyclic) bond motifs is 1. The number of aromatic amines is 1. The number of nitrogens with two attached hydrogens (primary N) is 3. The number of carbonyl (C=O) groups is 2. The summed E-state index contributed by atoms with van der Waals surface area (Å²) in [6.45, 7) is 0. The van der Waals surface area contributed by atoms with Crippen molar-refractivity contribution in [3.8, 4) is 0 Å². The van der Waals surface area contributed by atoms with E-state index in [9.17, 15) is 19.7 Å². The fourth-order valence-corrected chi connectivity index (χ4v) is 2.64. The molecule has 1 unspecified atom stereocenters. The number of benzene rings is 1. The second-order valence-electron chi connectivity index (χ2n) is 6.01. The number of nitrogens with zero attached hydrogens (tertiary/aromatic N) is 2. The van der Waals surface area contributed by atoms with Crippen molar-refractivity contribution in [3.63, 3.8) is 0 Å². The second kappa shape index (κ2) is 8.76. The maximum atomic E-state index is 12.3. The van der Waals surface area contributed by atoms with Gasteiger partial charge in [-0.2, -0.15) is 0 Å². The molecular weight excluding hydrogens is 354 g/mol. The summed E-state index contributed by atoms with van der Waals surface area (Å²) < 4.78 is 0. The molecule has 0 radical (unpaired) electrons. The third-order valence-corrected chi connectivity index (χ3v) is 4.05. The first-order valence-corrected chi connectivity index (χ1v) is 8.15. The Balaban J connectivity index is 1.96.